The summed E-state index contributed by atoms with van der Waals surface area (Å²) in [7, 11) is 1.91. The second-order valence-electron chi connectivity index (χ2n) is 4.71. The van der Waals surface area contributed by atoms with Crippen molar-refractivity contribution >= 4 is 5.91 Å². The van der Waals surface area contributed by atoms with Gasteiger partial charge in [0.25, 0.3) is 0 Å². The van der Waals surface area contributed by atoms with E-state index in [2.05, 4.69) is 22.7 Å². The van der Waals surface area contributed by atoms with Gasteiger partial charge in [0, 0.05) is 23.8 Å². The largest absolute Gasteiger partial charge is 0.352 e. The lowest BCUT2D eigenvalue weighted by atomic mass is 10.2. The number of nitrogens with one attached hydrogen (secondary N) is 2. The molecule has 0 fully saturated rings. The smallest absolute Gasteiger partial charge is 0.241 e. The van der Waals surface area contributed by atoms with E-state index in [9.17, 15) is 4.79 Å². The molecular weight excluding hydrogens is 228 g/mol. The number of hydrogen-bond donors (Lipinski definition) is 2. The van der Waals surface area contributed by atoms with Gasteiger partial charge in [0.2, 0.25) is 5.91 Å². The average molecular weight is 252 g/mol. The van der Waals surface area contributed by atoms with Crippen LogP contribution in [-0.2, 0) is 17.9 Å². The zero-order chi connectivity index (χ0) is 13.7. The lowest BCUT2D eigenvalue weighted by Crippen LogP contribution is -2.35. The minimum atomic E-state index is 0.0194. The Morgan fingerprint density at radius 1 is 1.44 bits per heavy atom. The summed E-state index contributed by atoms with van der Waals surface area (Å²) in [5.74, 6) is 0.0194. The first-order valence-electron chi connectivity index (χ1n) is 6.46. The molecule has 1 unspecified atom stereocenters. The molecule has 18 heavy (non-hydrogen) atoms. The van der Waals surface area contributed by atoms with E-state index >= 15 is 0 Å². The topological polar surface area (TPSA) is 59.0 Å². The minimum Gasteiger partial charge on any atom is -0.352 e. The Kier molecular flexibility index (Phi) is 5.34. The van der Waals surface area contributed by atoms with E-state index in [0.29, 0.717) is 6.54 Å². The van der Waals surface area contributed by atoms with Crippen LogP contribution in [0, 0.1) is 13.8 Å². The molecule has 1 atom stereocenters. The van der Waals surface area contributed by atoms with Crippen molar-refractivity contribution in [2.45, 2.75) is 53.2 Å². The highest BCUT2D eigenvalue weighted by atomic mass is 16.2. The third-order valence-corrected chi connectivity index (χ3v) is 3.20. The van der Waals surface area contributed by atoms with Crippen molar-refractivity contribution in [3.05, 3.63) is 17.0 Å². The van der Waals surface area contributed by atoms with Crippen molar-refractivity contribution in [3.63, 3.8) is 0 Å². The van der Waals surface area contributed by atoms with Gasteiger partial charge in [0.1, 0.15) is 6.54 Å². The molecule has 1 aromatic rings. The molecule has 0 aliphatic rings. The lowest BCUT2D eigenvalue weighted by molar-refractivity contribution is -0.122. The first kappa shape index (κ1) is 14.7. The van der Waals surface area contributed by atoms with Gasteiger partial charge in [-0.25, -0.2) is 0 Å². The fraction of sp³-hybridized carbons (Fsp3) is 0.692. The summed E-state index contributed by atoms with van der Waals surface area (Å²) in [6.45, 7) is 9.11. The van der Waals surface area contributed by atoms with Crippen LogP contribution in [-0.4, -0.2) is 28.8 Å². The van der Waals surface area contributed by atoms with E-state index in [1.54, 1.807) is 4.68 Å². The number of hydrogen-bond acceptors (Lipinski definition) is 3. The molecule has 1 rings (SSSR count). The van der Waals surface area contributed by atoms with Crippen molar-refractivity contribution in [1.82, 2.24) is 20.4 Å². The zero-order valence-corrected chi connectivity index (χ0v) is 12.0. The second-order valence-corrected chi connectivity index (χ2v) is 4.71. The van der Waals surface area contributed by atoms with Crippen LogP contribution in [0.2, 0.25) is 0 Å². The first-order chi connectivity index (χ1) is 8.49. The molecular formula is C13H24N4O. The van der Waals surface area contributed by atoms with Gasteiger partial charge in [-0.05, 0) is 34.2 Å². The van der Waals surface area contributed by atoms with E-state index in [-0.39, 0.29) is 11.9 Å². The maximum atomic E-state index is 11.8. The first-order valence-corrected chi connectivity index (χ1v) is 6.46. The van der Waals surface area contributed by atoms with Crippen LogP contribution in [0.15, 0.2) is 0 Å². The van der Waals surface area contributed by atoms with Crippen molar-refractivity contribution in [3.8, 4) is 0 Å². The summed E-state index contributed by atoms with van der Waals surface area (Å²) in [6.07, 6.45) is 0.938. The third-order valence-electron chi connectivity index (χ3n) is 3.20. The standard InChI is InChI=1S/C13H24N4O/c1-6-9(2)15-13(18)8-17-11(4)12(7-14-5)10(3)16-17/h9,14H,6-8H2,1-5H3,(H,15,18). The molecule has 0 radical (unpaired) electrons. The molecule has 1 amide bonds. The molecule has 0 aliphatic heterocycles. The van der Waals surface area contributed by atoms with Gasteiger partial charge >= 0.3 is 0 Å². The Balaban J connectivity index is 2.73. The summed E-state index contributed by atoms with van der Waals surface area (Å²) in [5, 5.41) is 10.5. The molecule has 1 aromatic heterocycles. The Morgan fingerprint density at radius 2 is 2.11 bits per heavy atom. The molecule has 5 nitrogen and oxygen atoms in total. The van der Waals surface area contributed by atoms with E-state index < -0.39 is 0 Å². The summed E-state index contributed by atoms with van der Waals surface area (Å²) in [6, 6.07) is 0.214. The van der Waals surface area contributed by atoms with Crippen LogP contribution in [0.25, 0.3) is 0 Å². The fourth-order valence-corrected chi connectivity index (χ4v) is 1.88. The Bertz CT molecular complexity index is 411. The number of rotatable bonds is 6. The zero-order valence-electron chi connectivity index (χ0n) is 12.0. The number of amides is 1. The average Bonchev–Trinajstić information content (AvgIpc) is 2.57. The maximum absolute atomic E-state index is 11.8. The van der Waals surface area contributed by atoms with E-state index in [1.165, 1.54) is 5.56 Å². The number of aryl methyl sites for hydroxylation is 1. The number of carbonyl (C=O) groups is 1. The molecule has 0 saturated heterocycles. The Hall–Kier alpha value is -1.36. The van der Waals surface area contributed by atoms with Gasteiger partial charge < -0.3 is 10.6 Å². The van der Waals surface area contributed by atoms with Crippen molar-refractivity contribution in [2.24, 2.45) is 0 Å². The molecule has 0 aromatic carbocycles. The normalized spacial score (nSPS) is 12.5. The van der Waals surface area contributed by atoms with Crippen molar-refractivity contribution < 1.29 is 4.79 Å². The predicted molar refractivity (Wildman–Crippen MR) is 72.4 cm³/mol. The van der Waals surface area contributed by atoms with Crippen LogP contribution in [0.4, 0.5) is 0 Å². The molecule has 0 saturated carbocycles. The van der Waals surface area contributed by atoms with Gasteiger partial charge in [-0.15, -0.1) is 0 Å². The molecule has 2 N–H and O–H groups in total. The molecule has 0 spiro atoms. The van der Waals surface area contributed by atoms with Crippen LogP contribution in [0.3, 0.4) is 0 Å². The van der Waals surface area contributed by atoms with Crippen molar-refractivity contribution in [1.29, 1.82) is 0 Å². The van der Waals surface area contributed by atoms with E-state index in [0.717, 1.165) is 24.4 Å². The van der Waals surface area contributed by atoms with Crippen LogP contribution in [0.1, 0.15) is 37.2 Å². The fourth-order valence-electron chi connectivity index (χ4n) is 1.88. The van der Waals surface area contributed by atoms with Crippen LogP contribution in [0.5, 0.6) is 0 Å². The van der Waals surface area contributed by atoms with Gasteiger partial charge in [-0.2, -0.15) is 5.10 Å². The lowest BCUT2D eigenvalue weighted by Gasteiger charge is -2.12. The van der Waals surface area contributed by atoms with Gasteiger partial charge in [-0.1, -0.05) is 6.92 Å². The van der Waals surface area contributed by atoms with E-state index in [1.807, 2.05) is 27.8 Å². The predicted octanol–water partition coefficient (Wildman–Crippen LogP) is 1.13. The molecule has 102 valence electrons. The van der Waals surface area contributed by atoms with Crippen LogP contribution >= 0.6 is 0 Å². The van der Waals surface area contributed by atoms with Crippen LogP contribution < -0.4 is 10.6 Å². The Labute approximate surface area is 109 Å². The molecule has 0 aliphatic carbocycles. The van der Waals surface area contributed by atoms with Gasteiger partial charge in [-0.3, -0.25) is 9.48 Å². The van der Waals surface area contributed by atoms with E-state index in [4.69, 9.17) is 0 Å². The summed E-state index contributed by atoms with van der Waals surface area (Å²) >= 11 is 0. The maximum Gasteiger partial charge on any atom is 0.241 e. The quantitative estimate of drug-likeness (QED) is 0.798. The highest BCUT2D eigenvalue weighted by Crippen LogP contribution is 2.12. The van der Waals surface area contributed by atoms with Gasteiger partial charge in [0.15, 0.2) is 0 Å². The highest BCUT2D eigenvalue weighted by molar-refractivity contribution is 5.76. The summed E-state index contributed by atoms with van der Waals surface area (Å²) in [4.78, 5) is 11.8. The molecule has 5 heteroatoms. The molecule has 1 heterocycles. The number of nitrogens with zero attached hydrogens (tertiary/aromatic N) is 2. The van der Waals surface area contributed by atoms with Crippen molar-refractivity contribution in [2.75, 3.05) is 7.05 Å². The SMILES string of the molecule is CCC(C)NC(=O)Cn1nc(C)c(CNC)c1C. The third kappa shape index (κ3) is 3.57. The molecule has 0 bridgehead atoms. The Morgan fingerprint density at radius 3 is 2.67 bits per heavy atom. The number of carbonyl (C=O) groups excluding carboxylic acids is 1. The minimum absolute atomic E-state index is 0.0194. The summed E-state index contributed by atoms with van der Waals surface area (Å²) < 4.78 is 1.78. The monoisotopic (exact) mass is 252 g/mol. The highest BCUT2D eigenvalue weighted by Gasteiger charge is 2.13. The number of aromatic nitrogens is 2. The summed E-state index contributed by atoms with van der Waals surface area (Å²) in [5.41, 5.74) is 3.22. The van der Waals surface area contributed by atoms with Gasteiger partial charge in [0.05, 0.1) is 5.69 Å². The second kappa shape index (κ2) is 6.54.